The molecule has 4 nitrogen and oxygen atoms in total. The average molecular weight is 483 g/mol. The van der Waals surface area contributed by atoms with Gasteiger partial charge >= 0.3 is 0 Å². The molecule has 3 aromatic carbocycles. The molecule has 0 unspecified atom stereocenters. The molecule has 0 aromatic heterocycles. The Bertz CT molecular complexity index is 1040. The lowest BCUT2D eigenvalue weighted by Gasteiger charge is -2.34. The summed E-state index contributed by atoms with van der Waals surface area (Å²) in [5, 5.41) is 3.27. The minimum Gasteiger partial charge on any atom is -0.352 e. The van der Waals surface area contributed by atoms with Crippen molar-refractivity contribution in [1.29, 1.82) is 0 Å². The third kappa shape index (κ3) is 6.84. The van der Waals surface area contributed by atoms with Gasteiger partial charge in [-0.15, -0.1) is 0 Å². The van der Waals surface area contributed by atoms with Gasteiger partial charge < -0.3 is 10.2 Å². The van der Waals surface area contributed by atoms with Crippen LogP contribution in [0.4, 0.5) is 0 Å². The highest BCUT2D eigenvalue weighted by atomic mass is 16.2. The van der Waals surface area contributed by atoms with Gasteiger partial charge in [-0.3, -0.25) is 9.59 Å². The fourth-order valence-corrected chi connectivity index (χ4v) is 5.33. The quantitative estimate of drug-likeness (QED) is 0.360. The van der Waals surface area contributed by atoms with E-state index in [4.69, 9.17) is 0 Å². The van der Waals surface area contributed by atoms with Gasteiger partial charge in [0.05, 0.1) is 0 Å². The second kappa shape index (κ2) is 13.1. The monoisotopic (exact) mass is 482 g/mol. The molecule has 1 aliphatic rings. The lowest BCUT2D eigenvalue weighted by Crippen LogP contribution is -2.51. The van der Waals surface area contributed by atoms with Crippen LogP contribution in [0, 0.1) is 0 Å². The molecule has 0 spiro atoms. The summed E-state index contributed by atoms with van der Waals surface area (Å²) < 4.78 is 0. The molecule has 1 saturated carbocycles. The predicted molar refractivity (Wildman–Crippen MR) is 145 cm³/mol. The Morgan fingerprint density at radius 3 is 1.86 bits per heavy atom. The van der Waals surface area contributed by atoms with Crippen LogP contribution in [0.25, 0.3) is 0 Å². The van der Waals surface area contributed by atoms with Gasteiger partial charge in [0.2, 0.25) is 11.8 Å². The highest BCUT2D eigenvalue weighted by Crippen LogP contribution is 2.30. The maximum absolute atomic E-state index is 14.0. The summed E-state index contributed by atoms with van der Waals surface area (Å²) in [6.07, 6.45) is 6.50. The Morgan fingerprint density at radius 1 is 0.806 bits per heavy atom. The van der Waals surface area contributed by atoms with Crippen molar-refractivity contribution in [3.05, 3.63) is 108 Å². The van der Waals surface area contributed by atoms with E-state index in [1.807, 2.05) is 78.6 Å². The highest BCUT2D eigenvalue weighted by Gasteiger charge is 2.32. The molecular weight excluding hydrogens is 444 g/mol. The summed E-state index contributed by atoms with van der Waals surface area (Å²) in [6, 6.07) is 30.1. The molecule has 1 aliphatic carbocycles. The molecule has 0 saturated heterocycles. The first kappa shape index (κ1) is 25.7. The number of hydrogen-bond donors (Lipinski definition) is 1. The first-order chi connectivity index (χ1) is 17.7. The Balaban J connectivity index is 1.60. The largest absolute Gasteiger partial charge is 0.352 e. The molecule has 36 heavy (non-hydrogen) atoms. The number of carbonyl (C=O) groups is 2. The van der Waals surface area contributed by atoms with Crippen LogP contribution in [0.3, 0.4) is 0 Å². The zero-order valence-electron chi connectivity index (χ0n) is 21.3. The van der Waals surface area contributed by atoms with Gasteiger partial charge in [-0.25, -0.2) is 0 Å². The molecule has 1 N–H and O–H groups in total. The fraction of sp³-hybridized carbons (Fsp3) is 0.375. The zero-order valence-corrected chi connectivity index (χ0v) is 21.3. The maximum Gasteiger partial charge on any atom is 0.243 e. The molecule has 3 aromatic rings. The number of nitrogens with zero attached hydrogens (tertiary/aromatic N) is 1. The summed E-state index contributed by atoms with van der Waals surface area (Å²) in [5.41, 5.74) is 3.25. The van der Waals surface area contributed by atoms with Crippen molar-refractivity contribution in [2.75, 3.05) is 0 Å². The van der Waals surface area contributed by atoms with Crippen LogP contribution in [0.15, 0.2) is 91.0 Å². The minimum absolute atomic E-state index is 0.00204. The van der Waals surface area contributed by atoms with Gasteiger partial charge in [0.1, 0.15) is 6.04 Å². The van der Waals surface area contributed by atoms with E-state index in [9.17, 15) is 9.59 Å². The van der Waals surface area contributed by atoms with Crippen molar-refractivity contribution < 1.29 is 9.59 Å². The number of rotatable bonds is 10. The number of hydrogen-bond acceptors (Lipinski definition) is 2. The van der Waals surface area contributed by atoms with E-state index >= 15 is 0 Å². The number of nitrogens with one attached hydrogen (secondary N) is 1. The van der Waals surface area contributed by atoms with E-state index in [1.54, 1.807) is 0 Å². The zero-order chi connectivity index (χ0) is 25.2. The van der Waals surface area contributed by atoms with E-state index in [-0.39, 0.29) is 23.8 Å². The standard InChI is InChI=1S/C32H38N2O2/c1-2-30(32(36)33-28-21-13-6-14-22-28)34(24-25-15-7-3-8-16-25)31(35)23-29(26-17-9-4-10-18-26)27-19-11-5-12-20-27/h3-5,7-12,15-20,28-30H,2,6,13-14,21-24H2,1H3,(H,33,36)/t30-/m1/s1. The molecule has 1 atom stereocenters. The SMILES string of the molecule is CC[C@H](C(=O)NC1CCCCC1)N(Cc1ccccc1)C(=O)CC(c1ccccc1)c1ccccc1. The van der Waals surface area contributed by atoms with E-state index in [2.05, 4.69) is 29.6 Å². The normalized spacial score (nSPS) is 14.8. The van der Waals surface area contributed by atoms with Crippen LogP contribution in [0.5, 0.6) is 0 Å². The van der Waals surface area contributed by atoms with Crippen LogP contribution in [0.2, 0.25) is 0 Å². The maximum atomic E-state index is 14.0. The molecule has 4 rings (SSSR count). The second-order valence-electron chi connectivity index (χ2n) is 9.85. The first-order valence-corrected chi connectivity index (χ1v) is 13.4. The van der Waals surface area contributed by atoms with Crippen LogP contribution in [-0.2, 0) is 16.1 Å². The Labute approximate surface area is 215 Å². The topological polar surface area (TPSA) is 49.4 Å². The van der Waals surface area contributed by atoms with Crippen LogP contribution in [-0.4, -0.2) is 28.8 Å². The van der Waals surface area contributed by atoms with Gasteiger partial charge in [0.15, 0.2) is 0 Å². The molecule has 0 radical (unpaired) electrons. The van der Waals surface area contributed by atoms with Gasteiger partial charge in [-0.2, -0.15) is 0 Å². The van der Waals surface area contributed by atoms with E-state index in [0.29, 0.717) is 19.4 Å². The van der Waals surface area contributed by atoms with E-state index in [0.717, 1.165) is 42.4 Å². The smallest absolute Gasteiger partial charge is 0.243 e. The second-order valence-corrected chi connectivity index (χ2v) is 9.85. The van der Waals surface area contributed by atoms with Crippen LogP contribution >= 0.6 is 0 Å². The average Bonchev–Trinajstić information content (AvgIpc) is 2.93. The summed E-state index contributed by atoms with van der Waals surface area (Å²) in [4.78, 5) is 29.4. The molecule has 1 fully saturated rings. The number of benzene rings is 3. The number of amides is 2. The van der Waals surface area contributed by atoms with Crippen LogP contribution in [0.1, 0.15) is 74.5 Å². The third-order valence-corrected chi connectivity index (χ3v) is 7.32. The lowest BCUT2D eigenvalue weighted by atomic mass is 9.88. The van der Waals surface area contributed by atoms with Gasteiger partial charge in [0, 0.05) is 24.9 Å². The Kier molecular flexibility index (Phi) is 9.32. The lowest BCUT2D eigenvalue weighted by molar-refractivity contribution is -0.142. The Hall–Kier alpha value is -3.40. The van der Waals surface area contributed by atoms with Crippen molar-refractivity contribution in [3.8, 4) is 0 Å². The molecule has 2 amide bonds. The van der Waals surface area contributed by atoms with Gasteiger partial charge in [-0.05, 0) is 36.0 Å². The summed E-state index contributed by atoms with van der Waals surface area (Å²) in [5.74, 6) is -0.0936. The van der Waals surface area contributed by atoms with E-state index in [1.165, 1.54) is 6.42 Å². The molecule has 0 heterocycles. The molecule has 4 heteroatoms. The minimum atomic E-state index is -0.494. The van der Waals surface area contributed by atoms with Crippen molar-refractivity contribution in [1.82, 2.24) is 10.2 Å². The predicted octanol–water partition coefficient (Wildman–Crippen LogP) is 6.46. The van der Waals surface area contributed by atoms with Crippen molar-refractivity contribution in [2.24, 2.45) is 0 Å². The van der Waals surface area contributed by atoms with Gasteiger partial charge in [0.25, 0.3) is 0 Å². The Morgan fingerprint density at radius 2 is 1.33 bits per heavy atom. The first-order valence-electron chi connectivity index (χ1n) is 13.4. The molecule has 188 valence electrons. The molecular formula is C32H38N2O2. The third-order valence-electron chi connectivity index (χ3n) is 7.32. The molecule has 0 bridgehead atoms. The summed E-state index contributed by atoms with van der Waals surface area (Å²) >= 11 is 0. The van der Waals surface area contributed by atoms with Crippen molar-refractivity contribution in [3.63, 3.8) is 0 Å². The summed E-state index contributed by atoms with van der Waals surface area (Å²) in [7, 11) is 0. The fourth-order valence-electron chi connectivity index (χ4n) is 5.33. The summed E-state index contributed by atoms with van der Waals surface area (Å²) in [6.45, 7) is 2.43. The van der Waals surface area contributed by atoms with Gasteiger partial charge in [-0.1, -0.05) is 117 Å². The van der Waals surface area contributed by atoms with Crippen LogP contribution < -0.4 is 5.32 Å². The molecule has 0 aliphatic heterocycles. The number of carbonyl (C=O) groups excluding carboxylic acids is 2. The van der Waals surface area contributed by atoms with Crippen molar-refractivity contribution >= 4 is 11.8 Å². The van der Waals surface area contributed by atoms with Crippen molar-refractivity contribution in [2.45, 2.75) is 76.4 Å². The van der Waals surface area contributed by atoms with E-state index < -0.39 is 6.04 Å². The highest BCUT2D eigenvalue weighted by molar-refractivity contribution is 5.88.